The number of nitrogens with one attached hydrogen (secondary N) is 1. The molecule has 0 fully saturated rings. The molecule has 0 heterocycles. The molecule has 10 heteroatoms. The second-order valence-corrected chi connectivity index (χ2v) is 9.66. The first kappa shape index (κ1) is 21.9. The first-order chi connectivity index (χ1) is 12.6. The van der Waals surface area contributed by atoms with Crippen LogP contribution in [0.4, 0.5) is 5.69 Å². The molecule has 2 aromatic rings. The average Bonchev–Trinajstić information content (AvgIpc) is 2.56. The van der Waals surface area contributed by atoms with Gasteiger partial charge in [0, 0.05) is 13.6 Å². The van der Waals surface area contributed by atoms with Gasteiger partial charge in [-0.1, -0.05) is 35.3 Å². The Labute approximate surface area is 181 Å². The molecule has 0 aliphatic heterocycles. The van der Waals surface area contributed by atoms with Crippen molar-refractivity contribution in [3.8, 4) is 0 Å². The quantitative estimate of drug-likeness (QED) is 0.343. The number of amides is 1. The lowest BCUT2D eigenvalue weighted by Gasteiger charge is -2.21. The normalized spacial score (nSPS) is 12.0. The van der Waals surface area contributed by atoms with E-state index < -0.39 is 22.5 Å². The molecule has 0 radical (unpaired) electrons. The summed E-state index contributed by atoms with van der Waals surface area (Å²) in [6.07, 6.45) is 0.995. The summed E-state index contributed by atoms with van der Waals surface area (Å²) in [7, 11) is -3.74. The topological polar surface area (TPSA) is 78.8 Å². The number of carbonyl (C=O) groups excluding carboxylic acids is 1. The van der Waals surface area contributed by atoms with Crippen LogP contribution in [-0.4, -0.2) is 32.8 Å². The van der Waals surface area contributed by atoms with E-state index in [-0.39, 0.29) is 15.7 Å². The van der Waals surface area contributed by atoms with Gasteiger partial charge >= 0.3 is 0 Å². The van der Waals surface area contributed by atoms with Crippen molar-refractivity contribution in [1.82, 2.24) is 5.43 Å². The highest BCUT2D eigenvalue weighted by molar-refractivity contribution is 14.1. The number of benzene rings is 2. The molecule has 0 saturated heterocycles. The van der Waals surface area contributed by atoms with Crippen LogP contribution in [0, 0.1) is 3.57 Å². The molecule has 0 unspecified atom stereocenters. The lowest BCUT2D eigenvalue weighted by atomic mass is 10.1. The molecule has 0 aliphatic rings. The van der Waals surface area contributed by atoms with Gasteiger partial charge in [-0.25, -0.2) is 13.8 Å². The van der Waals surface area contributed by atoms with E-state index in [9.17, 15) is 13.2 Å². The number of carbonyl (C=O) groups is 1. The fourth-order valence-electron chi connectivity index (χ4n) is 2.15. The van der Waals surface area contributed by atoms with Crippen LogP contribution in [0.15, 0.2) is 47.6 Å². The van der Waals surface area contributed by atoms with E-state index in [4.69, 9.17) is 23.2 Å². The van der Waals surface area contributed by atoms with Crippen molar-refractivity contribution in [2.24, 2.45) is 5.10 Å². The molecule has 1 amide bonds. The standard InChI is InChI=1S/C17H16Cl2IN3O3S/c1-11(12-3-5-15(20)6-4-12)21-22-17(24)10-23(27(2,25)26)16-8-13(18)7-14(19)9-16/h3-9H,10H2,1-2H3,(H,22,24)/b21-11-. The zero-order valence-electron chi connectivity index (χ0n) is 14.4. The van der Waals surface area contributed by atoms with E-state index >= 15 is 0 Å². The first-order valence-corrected chi connectivity index (χ1v) is 11.3. The smallest absolute Gasteiger partial charge is 0.260 e. The van der Waals surface area contributed by atoms with E-state index in [0.717, 1.165) is 19.7 Å². The van der Waals surface area contributed by atoms with Crippen molar-refractivity contribution in [2.45, 2.75) is 6.92 Å². The average molecular weight is 540 g/mol. The lowest BCUT2D eigenvalue weighted by molar-refractivity contribution is -0.119. The predicted molar refractivity (Wildman–Crippen MR) is 118 cm³/mol. The number of hydrazone groups is 1. The Morgan fingerprint density at radius 2 is 1.70 bits per heavy atom. The molecule has 1 N–H and O–H groups in total. The number of halogens is 3. The van der Waals surface area contributed by atoms with Gasteiger partial charge in [0.15, 0.2) is 0 Å². The monoisotopic (exact) mass is 539 g/mol. The van der Waals surface area contributed by atoms with Gasteiger partial charge in [0.05, 0.1) is 17.7 Å². The zero-order chi connectivity index (χ0) is 20.2. The third kappa shape index (κ3) is 6.63. The molecular weight excluding hydrogens is 524 g/mol. The van der Waals surface area contributed by atoms with Crippen molar-refractivity contribution in [1.29, 1.82) is 0 Å². The molecular formula is C17H16Cl2IN3O3S. The highest BCUT2D eigenvalue weighted by atomic mass is 127. The number of hydrogen-bond donors (Lipinski definition) is 1. The maximum Gasteiger partial charge on any atom is 0.260 e. The number of hydrogen-bond acceptors (Lipinski definition) is 4. The highest BCUT2D eigenvalue weighted by Crippen LogP contribution is 2.26. The zero-order valence-corrected chi connectivity index (χ0v) is 18.9. The molecule has 0 aliphatic carbocycles. The Hall–Kier alpha value is -1.36. The van der Waals surface area contributed by atoms with Crippen LogP contribution in [0.5, 0.6) is 0 Å². The van der Waals surface area contributed by atoms with Crippen LogP contribution in [0.2, 0.25) is 10.0 Å². The summed E-state index contributed by atoms with van der Waals surface area (Å²) in [5.74, 6) is -0.596. The van der Waals surface area contributed by atoms with Crippen molar-refractivity contribution >= 4 is 73.1 Å². The van der Waals surface area contributed by atoms with Crippen LogP contribution in [0.1, 0.15) is 12.5 Å². The minimum Gasteiger partial charge on any atom is -0.271 e. The molecule has 0 bridgehead atoms. The van der Waals surface area contributed by atoms with E-state index in [1.54, 1.807) is 6.92 Å². The summed E-state index contributed by atoms with van der Waals surface area (Å²) in [5, 5.41) is 4.56. The maximum absolute atomic E-state index is 12.2. The van der Waals surface area contributed by atoms with Crippen LogP contribution < -0.4 is 9.73 Å². The van der Waals surface area contributed by atoms with Crippen molar-refractivity contribution in [2.75, 3.05) is 17.1 Å². The van der Waals surface area contributed by atoms with Crippen molar-refractivity contribution in [3.05, 3.63) is 61.6 Å². The lowest BCUT2D eigenvalue weighted by Crippen LogP contribution is -2.39. The Morgan fingerprint density at radius 3 is 2.22 bits per heavy atom. The Bertz CT molecular complexity index is 959. The minimum atomic E-state index is -3.74. The molecule has 0 aromatic heterocycles. The van der Waals surface area contributed by atoms with Crippen molar-refractivity contribution in [3.63, 3.8) is 0 Å². The minimum absolute atomic E-state index is 0.198. The fraction of sp³-hybridized carbons (Fsp3) is 0.176. The van der Waals surface area contributed by atoms with Gasteiger partial charge in [0.1, 0.15) is 6.54 Å². The number of anilines is 1. The highest BCUT2D eigenvalue weighted by Gasteiger charge is 2.21. The van der Waals surface area contributed by atoms with Gasteiger partial charge in [-0.15, -0.1) is 0 Å². The van der Waals surface area contributed by atoms with Gasteiger partial charge in [-0.3, -0.25) is 9.10 Å². The summed E-state index contributed by atoms with van der Waals surface area (Å²) >= 11 is 14.1. The van der Waals surface area contributed by atoms with Gasteiger partial charge in [-0.2, -0.15) is 5.10 Å². The second-order valence-electron chi connectivity index (χ2n) is 5.64. The molecule has 0 spiro atoms. The van der Waals surface area contributed by atoms with Crippen LogP contribution in [-0.2, 0) is 14.8 Å². The summed E-state index contributed by atoms with van der Waals surface area (Å²) in [6.45, 7) is 1.28. The summed E-state index contributed by atoms with van der Waals surface area (Å²) in [4.78, 5) is 12.2. The van der Waals surface area contributed by atoms with Gasteiger partial charge < -0.3 is 0 Å². The molecule has 6 nitrogen and oxygen atoms in total. The SMILES string of the molecule is C/C(=N/NC(=O)CN(c1cc(Cl)cc(Cl)c1)S(C)(=O)=O)c1ccc(I)cc1. The van der Waals surface area contributed by atoms with Gasteiger partial charge in [-0.05, 0) is 65.4 Å². The Balaban J connectivity index is 2.17. The van der Waals surface area contributed by atoms with Crippen LogP contribution in [0.25, 0.3) is 0 Å². The molecule has 27 heavy (non-hydrogen) atoms. The third-order valence-corrected chi connectivity index (χ3v) is 5.73. The third-order valence-electron chi connectivity index (χ3n) is 3.43. The summed E-state index contributed by atoms with van der Waals surface area (Å²) in [6, 6.07) is 11.9. The summed E-state index contributed by atoms with van der Waals surface area (Å²) < 4.78 is 26.2. The molecule has 0 saturated carbocycles. The summed E-state index contributed by atoms with van der Waals surface area (Å²) in [5.41, 5.74) is 4.01. The maximum atomic E-state index is 12.2. The number of sulfonamides is 1. The van der Waals surface area contributed by atoms with E-state index in [1.165, 1.54) is 18.2 Å². The van der Waals surface area contributed by atoms with Crippen LogP contribution >= 0.6 is 45.8 Å². The second kappa shape index (κ2) is 9.22. The predicted octanol–water partition coefficient (Wildman–Crippen LogP) is 3.90. The Kier molecular flexibility index (Phi) is 7.49. The van der Waals surface area contributed by atoms with Gasteiger partial charge in [0.25, 0.3) is 5.91 Å². The largest absolute Gasteiger partial charge is 0.271 e. The molecule has 0 atom stereocenters. The number of rotatable bonds is 6. The van der Waals surface area contributed by atoms with Crippen molar-refractivity contribution < 1.29 is 13.2 Å². The molecule has 144 valence electrons. The van der Waals surface area contributed by atoms with E-state index in [0.29, 0.717) is 5.71 Å². The van der Waals surface area contributed by atoms with E-state index in [2.05, 4.69) is 33.1 Å². The first-order valence-electron chi connectivity index (χ1n) is 7.59. The van der Waals surface area contributed by atoms with Gasteiger partial charge in [0.2, 0.25) is 10.0 Å². The molecule has 2 rings (SSSR count). The molecule has 2 aromatic carbocycles. The van der Waals surface area contributed by atoms with Crippen LogP contribution in [0.3, 0.4) is 0 Å². The Morgan fingerprint density at radius 1 is 1.15 bits per heavy atom. The van der Waals surface area contributed by atoms with E-state index in [1.807, 2.05) is 24.3 Å². The number of nitrogens with zero attached hydrogens (tertiary/aromatic N) is 2. The fourth-order valence-corrected chi connectivity index (χ4v) is 3.87.